The number of nitrogens with one attached hydrogen (secondary N) is 1. The fourth-order valence-corrected chi connectivity index (χ4v) is 6.74. The summed E-state index contributed by atoms with van der Waals surface area (Å²) in [7, 11) is -3.90. The monoisotopic (exact) mass is 517 g/mol. The molecule has 0 atom stereocenters. The zero-order valence-electron chi connectivity index (χ0n) is 9.93. The van der Waals surface area contributed by atoms with Gasteiger partial charge in [0.05, 0.1) is 18.8 Å². The van der Waals surface area contributed by atoms with Crippen molar-refractivity contribution in [2.75, 3.05) is 4.72 Å². The first-order chi connectivity index (χ1) is 9.70. The van der Waals surface area contributed by atoms with E-state index in [1.165, 1.54) is 35.6 Å². The number of anilines is 1. The summed E-state index contributed by atoms with van der Waals surface area (Å²) in [5.74, 6) is -1.22. The maximum atomic E-state index is 12.4. The Bertz CT molecular complexity index is 817. The van der Waals surface area contributed by atoms with Gasteiger partial charge in [-0.15, -0.1) is 11.3 Å². The number of aromatic carboxylic acids is 1. The third-order valence-corrected chi connectivity index (χ3v) is 6.99. The standard InChI is InChI=1S/C11H6Br3NO4S2/c12-5-1-2-6(11(16)17)7(3-5)15-21(18,19)8-4-9(13)20-10(8)14/h1-4,15H,(H,16,17). The molecule has 2 aromatic rings. The van der Waals surface area contributed by atoms with Crippen LogP contribution in [0.2, 0.25) is 0 Å². The van der Waals surface area contributed by atoms with Gasteiger partial charge in [0.1, 0.15) is 4.90 Å². The molecular formula is C11H6Br3NO4S2. The smallest absolute Gasteiger partial charge is 0.337 e. The van der Waals surface area contributed by atoms with Crippen LogP contribution in [0.4, 0.5) is 5.69 Å². The van der Waals surface area contributed by atoms with Crippen LogP contribution in [0.1, 0.15) is 10.4 Å². The van der Waals surface area contributed by atoms with Crippen LogP contribution in [0.3, 0.4) is 0 Å². The van der Waals surface area contributed by atoms with Crippen molar-refractivity contribution in [3.05, 3.63) is 41.9 Å². The fourth-order valence-electron chi connectivity index (χ4n) is 1.50. The van der Waals surface area contributed by atoms with Gasteiger partial charge in [0, 0.05) is 4.47 Å². The zero-order chi connectivity index (χ0) is 15.8. The van der Waals surface area contributed by atoms with E-state index in [9.17, 15) is 13.2 Å². The summed E-state index contributed by atoms with van der Waals surface area (Å²) < 4.78 is 28.6. The molecule has 0 saturated carbocycles. The highest BCUT2D eigenvalue weighted by Gasteiger charge is 2.23. The number of rotatable bonds is 4. The van der Waals surface area contributed by atoms with E-state index in [0.29, 0.717) is 12.0 Å². The highest BCUT2D eigenvalue weighted by Crippen LogP contribution is 2.36. The van der Waals surface area contributed by atoms with Crippen molar-refractivity contribution in [2.24, 2.45) is 0 Å². The summed E-state index contributed by atoms with van der Waals surface area (Å²) in [5, 5.41) is 9.12. The van der Waals surface area contributed by atoms with Crippen molar-refractivity contribution in [3.63, 3.8) is 0 Å². The molecule has 0 radical (unpaired) electrons. The molecule has 112 valence electrons. The quantitative estimate of drug-likeness (QED) is 0.621. The van der Waals surface area contributed by atoms with Gasteiger partial charge in [-0.1, -0.05) is 15.9 Å². The number of halogens is 3. The van der Waals surface area contributed by atoms with Gasteiger partial charge in [0.15, 0.2) is 0 Å². The van der Waals surface area contributed by atoms with Gasteiger partial charge in [-0.3, -0.25) is 4.72 Å². The Kier molecular flexibility index (Phi) is 5.14. The first kappa shape index (κ1) is 16.9. The van der Waals surface area contributed by atoms with E-state index < -0.39 is 16.0 Å². The van der Waals surface area contributed by atoms with Gasteiger partial charge >= 0.3 is 5.97 Å². The van der Waals surface area contributed by atoms with E-state index >= 15 is 0 Å². The van der Waals surface area contributed by atoms with E-state index in [-0.39, 0.29) is 16.1 Å². The number of carbonyl (C=O) groups is 1. The van der Waals surface area contributed by atoms with Crippen molar-refractivity contribution in [1.82, 2.24) is 0 Å². The molecule has 0 aliphatic carbocycles. The van der Waals surface area contributed by atoms with Crippen molar-refractivity contribution in [2.45, 2.75) is 4.90 Å². The number of thiophene rings is 1. The molecule has 0 unspecified atom stereocenters. The topological polar surface area (TPSA) is 83.5 Å². The van der Waals surface area contributed by atoms with Crippen molar-refractivity contribution in [3.8, 4) is 0 Å². The minimum absolute atomic E-state index is 0.00824. The number of sulfonamides is 1. The SMILES string of the molecule is O=C(O)c1ccc(Br)cc1NS(=O)(=O)c1cc(Br)sc1Br. The summed E-state index contributed by atoms with van der Waals surface area (Å²) in [5.41, 5.74) is -0.140. The highest BCUT2D eigenvalue weighted by molar-refractivity contribution is 9.12. The molecule has 5 nitrogen and oxygen atoms in total. The van der Waals surface area contributed by atoms with E-state index in [1.54, 1.807) is 0 Å². The van der Waals surface area contributed by atoms with Crippen LogP contribution >= 0.6 is 59.1 Å². The Hall–Kier alpha value is -0.420. The Morgan fingerprint density at radius 3 is 2.38 bits per heavy atom. The molecule has 2 rings (SSSR count). The lowest BCUT2D eigenvalue weighted by Crippen LogP contribution is -2.15. The molecule has 1 aromatic heterocycles. The lowest BCUT2D eigenvalue weighted by Gasteiger charge is -2.10. The maximum Gasteiger partial charge on any atom is 0.337 e. The van der Waals surface area contributed by atoms with Crippen molar-refractivity contribution < 1.29 is 18.3 Å². The summed E-state index contributed by atoms with van der Waals surface area (Å²) in [6.07, 6.45) is 0. The number of carboxylic acid groups (broad SMARTS) is 1. The van der Waals surface area contributed by atoms with Crippen LogP contribution in [-0.4, -0.2) is 19.5 Å². The summed E-state index contributed by atoms with van der Waals surface area (Å²) in [6, 6.07) is 5.69. The summed E-state index contributed by atoms with van der Waals surface area (Å²) in [6.45, 7) is 0. The average Bonchev–Trinajstić information content (AvgIpc) is 2.68. The molecule has 1 aromatic carbocycles. The predicted molar refractivity (Wildman–Crippen MR) is 91.6 cm³/mol. The van der Waals surface area contributed by atoms with Gasteiger partial charge < -0.3 is 5.11 Å². The number of hydrogen-bond acceptors (Lipinski definition) is 4. The molecule has 0 fully saturated rings. The van der Waals surface area contributed by atoms with Crippen molar-refractivity contribution in [1.29, 1.82) is 0 Å². The molecule has 0 aliphatic rings. The third kappa shape index (κ3) is 3.86. The second-order valence-corrected chi connectivity index (χ2v) is 10.1. The Balaban J connectivity index is 2.48. The minimum atomic E-state index is -3.90. The zero-order valence-corrected chi connectivity index (χ0v) is 16.3. The Morgan fingerprint density at radius 2 is 1.86 bits per heavy atom. The Morgan fingerprint density at radius 1 is 1.19 bits per heavy atom. The largest absolute Gasteiger partial charge is 0.478 e. The molecule has 0 spiro atoms. The third-order valence-electron chi connectivity index (χ3n) is 2.37. The van der Waals surface area contributed by atoms with Crippen molar-refractivity contribution >= 4 is 80.8 Å². The summed E-state index contributed by atoms with van der Waals surface area (Å²) in [4.78, 5) is 11.2. The summed E-state index contributed by atoms with van der Waals surface area (Å²) >= 11 is 10.8. The van der Waals surface area contributed by atoms with Gasteiger partial charge in [0.25, 0.3) is 10.0 Å². The maximum absolute atomic E-state index is 12.4. The van der Waals surface area contributed by atoms with E-state index in [4.69, 9.17) is 5.11 Å². The number of benzene rings is 1. The van der Waals surface area contributed by atoms with Crippen LogP contribution in [0.5, 0.6) is 0 Å². The van der Waals surface area contributed by atoms with Gasteiger partial charge in [-0.2, -0.15) is 0 Å². The molecule has 2 N–H and O–H groups in total. The lowest BCUT2D eigenvalue weighted by atomic mass is 10.2. The van der Waals surface area contributed by atoms with Crippen LogP contribution in [0.15, 0.2) is 41.2 Å². The van der Waals surface area contributed by atoms with Gasteiger partial charge in [-0.25, -0.2) is 13.2 Å². The molecule has 21 heavy (non-hydrogen) atoms. The lowest BCUT2D eigenvalue weighted by molar-refractivity contribution is 0.0698. The normalized spacial score (nSPS) is 11.4. The average molecular weight is 520 g/mol. The Labute approximate surface area is 149 Å². The second kappa shape index (κ2) is 6.37. The van der Waals surface area contributed by atoms with Crippen LogP contribution in [0.25, 0.3) is 0 Å². The van der Waals surface area contributed by atoms with E-state index in [0.717, 1.165) is 0 Å². The van der Waals surface area contributed by atoms with Crippen LogP contribution in [0, 0.1) is 0 Å². The number of carboxylic acids is 1. The molecule has 0 bridgehead atoms. The minimum Gasteiger partial charge on any atom is -0.478 e. The van der Waals surface area contributed by atoms with E-state index in [2.05, 4.69) is 52.5 Å². The van der Waals surface area contributed by atoms with Gasteiger partial charge in [0.2, 0.25) is 0 Å². The first-order valence-corrected chi connectivity index (χ1v) is 9.89. The van der Waals surface area contributed by atoms with Crippen LogP contribution in [-0.2, 0) is 10.0 Å². The van der Waals surface area contributed by atoms with Crippen LogP contribution < -0.4 is 4.72 Å². The second-order valence-electron chi connectivity index (χ2n) is 3.79. The highest BCUT2D eigenvalue weighted by atomic mass is 79.9. The first-order valence-electron chi connectivity index (χ1n) is 5.21. The molecule has 1 heterocycles. The molecule has 0 amide bonds. The van der Waals surface area contributed by atoms with E-state index in [1.807, 2.05) is 0 Å². The molecule has 0 saturated heterocycles. The number of hydrogen-bond donors (Lipinski definition) is 2. The molecule has 10 heteroatoms. The molecular weight excluding hydrogens is 514 g/mol. The van der Waals surface area contributed by atoms with Gasteiger partial charge in [-0.05, 0) is 56.1 Å². The molecule has 0 aliphatic heterocycles. The fraction of sp³-hybridized carbons (Fsp3) is 0. The predicted octanol–water partition coefficient (Wildman–Crippen LogP) is 4.53.